The number of piperazine rings is 1. The third kappa shape index (κ3) is 5.12. The molecule has 0 unspecified atom stereocenters. The Kier molecular flexibility index (Phi) is 7.25. The molecule has 0 N–H and O–H groups in total. The molecule has 0 spiro atoms. The van der Waals surface area contributed by atoms with Gasteiger partial charge in [-0.15, -0.1) is 0 Å². The van der Waals surface area contributed by atoms with Crippen LogP contribution in [0.2, 0.25) is 5.02 Å². The van der Waals surface area contributed by atoms with Crippen LogP contribution in [0, 0.1) is 18.2 Å². The van der Waals surface area contributed by atoms with Gasteiger partial charge in [0.1, 0.15) is 35.2 Å². The number of carbonyl (C=O) groups is 1. The third-order valence-corrected chi connectivity index (χ3v) is 6.94. The number of carbonyl (C=O) groups excluding carboxylic acids is 1. The minimum atomic E-state index is -4.64. The van der Waals surface area contributed by atoms with E-state index >= 15 is 4.39 Å². The molecule has 4 aromatic rings. The van der Waals surface area contributed by atoms with Crippen LogP contribution in [0.25, 0.3) is 37.8 Å². The van der Waals surface area contributed by atoms with Gasteiger partial charge in [-0.05, 0) is 11.5 Å². The lowest BCUT2D eigenvalue weighted by Gasteiger charge is -2.39. The number of amides is 1. The fourth-order valence-electron chi connectivity index (χ4n) is 4.79. The normalized spacial score (nSPS) is 16.2. The van der Waals surface area contributed by atoms with E-state index < -0.39 is 29.8 Å². The molecule has 0 aliphatic carbocycles. The molecule has 3 heterocycles. The molecule has 1 fully saturated rings. The smallest absolute Gasteiger partial charge is 0.352 e. The largest absolute Gasteiger partial charge is 0.409 e. The minimum absolute atomic E-state index is 0.0147. The summed E-state index contributed by atoms with van der Waals surface area (Å²) in [6.07, 6.45) is -1.80. The molecule has 1 atom stereocenters. The second-order valence-corrected chi connectivity index (χ2v) is 9.37. The highest BCUT2D eigenvalue weighted by Gasteiger charge is 2.34. The Bertz CT molecular complexity index is 1700. The second-order valence-electron chi connectivity index (χ2n) is 8.99. The van der Waals surface area contributed by atoms with E-state index in [0.29, 0.717) is 16.8 Å². The lowest BCUT2D eigenvalue weighted by atomic mass is 10.0. The van der Waals surface area contributed by atoms with Gasteiger partial charge in [-0.1, -0.05) is 35.9 Å². The van der Waals surface area contributed by atoms with Gasteiger partial charge in [0.15, 0.2) is 5.82 Å². The molecule has 1 aliphatic heterocycles. The Labute approximate surface area is 229 Å². The van der Waals surface area contributed by atoms with E-state index in [0.717, 1.165) is 6.33 Å². The van der Waals surface area contributed by atoms with E-state index in [9.17, 15) is 22.4 Å². The van der Waals surface area contributed by atoms with Crippen molar-refractivity contribution in [2.45, 2.75) is 12.2 Å². The minimum Gasteiger partial charge on any atom is -0.352 e. The van der Waals surface area contributed by atoms with Crippen LogP contribution in [0.15, 0.2) is 55.0 Å². The summed E-state index contributed by atoms with van der Waals surface area (Å²) in [5.41, 5.74) is 0.124. The summed E-state index contributed by atoms with van der Waals surface area (Å²) in [7, 11) is 0. The standard InChI is InChI=1S/C27H18ClF5N6O/c1-34-11-16-13-38(9-10-39(16)20(40)7-8-27(31,32)33)26-18-12-35-24(23(30)25(18)36-14-37-26)17-4-2-3-15-5-6-19(29)22(28)21(15)17/h2-8,12,14,16H,9-11,13H2/b8-7+/t16-/m0/s1. The third-order valence-electron chi connectivity index (χ3n) is 6.57. The molecule has 0 radical (unpaired) electrons. The number of anilines is 1. The molecule has 1 amide bonds. The molecule has 7 nitrogen and oxygen atoms in total. The fourth-order valence-corrected chi connectivity index (χ4v) is 5.06. The number of benzene rings is 2. The first kappa shape index (κ1) is 27.2. The Hall–Kier alpha value is -4.37. The van der Waals surface area contributed by atoms with Crippen molar-refractivity contribution in [2.75, 3.05) is 31.1 Å². The molecular formula is C27H18ClF5N6O. The molecule has 204 valence electrons. The topological polar surface area (TPSA) is 66.6 Å². The van der Waals surface area contributed by atoms with Crippen molar-refractivity contribution in [1.82, 2.24) is 19.9 Å². The molecule has 5 rings (SSSR count). The van der Waals surface area contributed by atoms with E-state index in [-0.39, 0.29) is 65.3 Å². The van der Waals surface area contributed by atoms with Gasteiger partial charge in [-0.2, -0.15) is 13.2 Å². The van der Waals surface area contributed by atoms with Gasteiger partial charge in [0.2, 0.25) is 12.5 Å². The van der Waals surface area contributed by atoms with E-state index in [1.165, 1.54) is 23.2 Å². The summed E-state index contributed by atoms with van der Waals surface area (Å²) in [6, 6.07) is 6.98. The second kappa shape index (κ2) is 10.7. The van der Waals surface area contributed by atoms with Gasteiger partial charge in [0, 0.05) is 48.9 Å². The zero-order valence-corrected chi connectivity index (χ0v) is 21.2. The van der Waals surface area contributed by atoms with E-state index in [1.54, 1.807) is 23.1 Å². The van der Waals surface area contributed by atoms with Crippen molar-refractivity contribution >= 4 is 45.0 Å². The predicted octanol–water partition coefficient (Wildman–Crippen LogP) is 5.83. The van der Waals surface area contributed by atoms with Gasteiger partial charge >= 0.3 is 6.18 Å². The first-order valence-corrected chi connectivity index (χ1v) is 12.3. The molecule has 0 saturated carbocycles. The van der Waals surface area contributed by atoms with E-state index in [4.69, 9.17) is 18.2 Å². The highest BCUT2D eigenvalue weighted by atomic mass is 35.5. The SMILES string of the molecule is [C-]#[N+]C[C@H]1CN(c2ncnc3c(F)c(-c4cccc5ccc(F)c(Cl)c45)ncc23)CCN1C(=O)/C=C/C(F)(F)F. The van der Waals surface area contributed by atoms with Crippen molar-refractivity contribution in [2.24, 2.45) is 0 Å². The Balaban J connectivity index is 1.51. The molecule has 1 aliphatic rings. The summed E-state index contributed by atoms with van der Waals surface area (Å²) in [6.45, 7) is 7.34. The summed E-state index contributed by atoms with van der Waals surface area (Å²) in [4.78, 5) is 31.4. The monoisotopic (exact) mass is 572 g/mol. The van der Waals surface area contributed by atoms with Crippen molar-refractivity contribution in [3.05, 3.63) is 83.1 Å². The lowest BCUT2D eigenvalue weighted by molar-refractivity contribution is -0.129. The lowest BCUT2D eigenvalue weighted by Crippen LogP contribution is -2.56. The summed E-state index contributed by atoms with van der Waals surface area (Å²) in [5.74, 6) is -2.01. The first-order chi connectivity index (χ1) is 19.1. The van der Waals surface area contributed by atoms with Crippen LogP contribution in [0.4, 0.5) is 27.8 Å². The average Bonchev–Trinajstić information content (AvgIpc) is 2.93. The van der Waals surface area contributed by atoms with E-state index in [1.807, 2.05) is 0 Å². The zero-order chi connectivity index (χ0) is 28.6. The van der Waals surface area contributed by atoms with Crippen molar-refractivity contribution in [3.8, 4) is 11.3 Å². The molecular weight excluding hydrogens is 555 g/mol. The summed E-state index contributed by atoms with van der Waals surface area (Å²) < 4.78 is 67.8. The van der Waals surface area contributed by atoms with Gasteiger partial charge in [0.25, 0.3) is 0 Å². The van der Waals surface area contributed by atoms with Crippen LogP contribution in [0.5, 0.6) is 0 Å². The van der Waals surface area contributed by atoms with Crippen LogP contribution in [-0.4, -0.2) is 64.2 Å². The number of halogens is 6. The van der Waals surface area contributed by atoms with Crippen molar-refractivity contribution in [1.29, 1.82) is 0 Å². The maximum atomic E-state index is 15.9. The predicted molar refractivity (Wildman–Crippen MR) is 140 cm³/mol. The number of fused-ring (bicyclic) bond motifs is 2. The molecule has 13 heteroatoms. The van der Waals surface area contributed by atoms with Crippen LogP contribution >= 0.6 is 11.6 Å². The zero-order valence-electron chi connectivity index (χ0n) is 20.5. The number of nitrogens with zero attached hydrogens (tertiary/aromatic N) is 6. The maximum Gasteiger partial charge on any atom is 0.409 e. The first-order valence-electron chi connectivity index (χ1n) is 11.9. The van der Waals surface area contributed by atoms with Crippen LogP contribution in [0.1, 0.15) is 0 Å². The molecule has 1 saturated heterocycles. The molecule has 2 aromatic heterocycles. The number of hydrogen-bond donors (Lipinski definition) is 0. The Morgan fingerprint density at radius 3 is 2.70 bits per heavy atom. The van der Waals surface area contributed by atoms with E-state index in [2.05, 4.69) is 19.8 Å². The van der Waals surface area contributed by atoms with Crippen LogP contribution in [-0.2, 0) is 4.79 Å². The number of hydrogen-bond acceptors (Lipinski definition) is 5. The number of rotatable bonds is 4. The number of alkyl halides is 3. The number of allylic oxidation sites excluding steroid dienone is 1. The maximum absolute atomic E-state index is 15.9. The van der Waals surface area contributed by atoms with Crippen molar-refractivity contribution < 1.29 is 26.7 Å². The van der Waals surface area contributed by atoms with Crippen LogP contribution in [0.3, 0.4) is 0 Å². The number of pyridine rings is 1. The van der Waals surface area contributed by atoms with Gasteiger partial charge in [-0.3, -0.25) is 9.78 Å². The Morgan fingerprint density at radius 1 is 1.15 bits per heavy atom. The van der Waals surface area contributed by atoms with Gasteiger partial charge in [-0.25, -0.2) is 25.3 Å². The molecule has 0 bridgehead atoms. The highest BCUT2D eigenvalue weighted by Crippen LogP contribution is 2.37. The summed E-state index contributed by atoms with van der Waals surface area (Å²) in [5, 5.41) is 0.976. The highest BCUT2D eigenvalue weighted by molar-refractivity contribution is 6.36. The Morgan fingerprint density at radius 2 is 1.95 bits per heavy atom. The number of aromatic nitrogens is 3. The molecule has 2 aromatic carbocycles. The fraction of sp³-hybridized carbons (Fsp3) is 0.222. The van der Waals surface area contributed by atoms with Crippen molar-refractivity contribution in [3.63, 3.8) is 0 Å². The van der Waals surface area contributed by atoms with Gasteiger partial charge in [0.05, 0.1) is 10.4 Å². The average molecular weight is 573 g/mol. The van der Waals surface area contributed by atoms with Gasteiger partial charge < -0.3 is 14.6 Å². The molecule has 40 heavy (non-hydrogen) atoms. The van der Waals surface area contributed by atoms with Crippen LogP contribution < -0.4 is 4.90 Å². The quantitative estimate of drug-likeness (QED) is 0.175. The summed E-state index contributed by atoms with van der Waals surface area (Å²) >= 11 is 6.23.